The zero-order chi connectivity index (χ0) is 21.1. The lowest BCUT2D eigenvalue weighted by molar-refractivity contribution is -0.121. The van der Waals surface area contributed by atoms with Gasteiger partial charge in [-0.1, -0.05) is 37.1 Å². The van der Waals surface area contributed by atoms with Crippen LogP contribution in [0.4, 0.5) is 5.69 Å². The van der Waals surface area contributed by atoms with Crippen molar-refractivity contribution >= 4 is 46.3 Å². The summed E-state index contributed by atoms with van der Waals surface area (Å²) >= 11 is 7.34. The van der Waals surface area contributed by atoms with E-state index in [2.05, 4.69) is 27.7 Å². The molecule has 7 nitrogen and oxygen atoms in total. The highest BCUT2D eigenvalue weighted by atomic mass is 35.5. The first kappa shape index (κ1) is 20.7. The van der Waals surface area contributed by atoms with Gasteiger partial charge in [0.1, 0.15) is 10.7 Å². The first-order chi connectivity index (χ1) is 14.6. The Labute approximate surface area is 184 Å². The van der Waals surface area contributed by atoms with Gasteiger partial charge in [0.25, 0.3) is 5.91 Å². The first-order valence-corrected chi connectivity index (χ1v) is 11.3. The Bertz CT molecular complexity index is 959. The van der Waals surface area contributed by atoms with Crippen LogP contribution in [0.5, 0.6) is 0 Å². The first-order valence-electron chi connectivity index (χ1n) is 10.1. The van der Waals surface area contributed by atoms with Crippen LogP contribution >= 0.6 is 22.9 Å². The van der Waals surface area contributed by atoms with E-state index in [1.54, 1.807) is 0 Å². The summed E-state index contributed by atoms with van der Waals surface area (Å²) in [6, 6.07) is 9.36. The Hall–Kier alpha value is -2.58. The molecule has 1 aromatic heterocycles. The molecule has 2 aliphatic heterocycles. The van der Waals surface area contributed by atoms with E-state index in [0.29, 0.717) is 31.0 Å². The van der Waals surface area contributed by atoms with Gasteiger partial charge >= 0.3 is 0 Å². The number of hydrazone groups is 1. The quantitative estimate of drug-likeness (QED) is 0.648. The molecule has 1 unspecified atom stereocenters. The van der Waals surface area contributed by atoms with Crippen molar-refractivity contribution < 1.29 is 9.59 Å². The maximum Gasteiger partial charge on any atom is 0.269 e. The van der Waals surface area contributed by atoms with Crippen LogP contribution in [0, 0.1) is 0 Å². The molecule has 0 radical (unpaired) electrons. The van der Waals surface area contributed by atoms with E-state index >= 15 is 0 Å². The summed E-state index contributed by atoms with van der Waals surface area (Å²) in [5.74, 6) is 0.771. The number of hydrogen-bond acceptors (Lipinski definition) is 6. The van der Waals surface area contributed by atoms with Crippen LogP contribution in [0.25, 0.3) is 0 Å². The van der Waals surface area contributed by atoms with Crippen LogP contribution < -0.4 is 15.6 Å². The van der Waals surface area contributed by atoms with Gasteiger partial charge in [0.05, 0.1) is 5.69 Å². The van der Waals surface area contributed by atoms with Gasteiger partial charge < -0.3 is 5.32 Å². The molecule has 1 atom stereocenters. The number of rotatable bonds is 8. The molecule has 2 amide bonds. The Balaban J connectivity index is 1.38. The Morgan fingerprint density at radius 2 is 2.10 bits per heavy atom. The fraction of sp³-hybridized carbons (Fsp3) is 0.381. The second-order valence-corrected chi connectivity index (χ2v) is 8.64. The van der Waals surface area contributed by atoms with Gasteiger partial charge in [0.2, 0.25) is 12.2 Å². The number of unbranched alkanes of at least 4 members (excludes halogenated alkanes) is 1. The number of amidine groups is 1. The lowest BCUT2D eigenvalue weighted by Gasteiger charge is -2.39. The van der Waals surface area contributed by atoms with Gasteiger partial charge in [-0.25, -0.2) is 0 Å². The van der Waals surface area contributed by atoms with Crippen molar-refractivity contribution in [2.75, 3.05) is 11.4 Å². The molecule has 0 saturated carbocycles. The number of carbonyl (C=O) groups excluding carboxylic acids is 2. The van der Waals surface area contributed by atoms with E-state index in [-0.39, 0.29) is 18.1 Å². The molecule has 9 heteroatoms. The topological polar surface area (TPSA) is 77.0 Å². The molecular weight excluding hydrogens is 422 g/mol. The van der Waals surface area contributed by atoms with Gasteiger partial charge in [-0.3, -0.25) is 24.8 Å². The molecule has 0 aliphatic carbocycles. The van der Waals surface area contributed by atoms with E-state index in [0.717, 1.165) is 34.8 Å². The van der Waals surface area contributed by atoms with E-state index in [9.17, 15) is 9.59 Å². The average molecular weight is 446 g/mol. The lowest BCUT2D eigenvalue weighted by atomic mass is 10.1. The molecule has 0 spiro atoms. The highest BCUT2D eigenvalue weighted by Crippen LogP contribution is 2.36. The van der Waals surface area contributed by atoms with Crippen molar-refractivity contribution in [3.8, 4) is 0 Å². The normalized spacial score (nSPS) is 17.3. The van der Waals surface area contributed by atoms with Crippen LogP contribution in [0.2, 0.25) is 5.02 Å². The molecule has 4 rings (SSSR count). The summed E-state index contributed by atoms with van der Waals surface area (Å²) in [5.41, 5.74) is 4.96. The SMILES string of the molecule is CCCCN1C(=O)c2sccc2N2C(CCC(=O)NCc3ccc(Cl)cc3)=NNC12. The third kappa shape index (κ3) is 4.15. The third-order valence-electron chi connectivity index (χ3n) is 5.22. The molecule has 2 aromatic rings. The number of fused-ring (bicyclic) bond motifs is 3. The molecule has 2 aliphatic rings. The van der Waals surface area contributed by atoms with Crippen molar-refractivity contribution in [3.63, 3.8) is 0 Å². The van der Waals surface area contributed by atoms with E-state index < -0.39 is 0 Å². The van der Waals surface area contributed by atoms with Gasteiger partial charge in [0.15, 0.2) is 0 Å². The maximum absolute atomic E-state index is 12.9. The number of benzene rings is 1. The molecule has 2 N–H and O–H groups in total. The Kier molecular flexibility index (Phi) is 6.24. The predicted molar refractivity (Wildman–Crippen MR) is 120 cm³/mol. The molecule has 3 heterocycles. The summed E-state index contributed by atoms with van der Waals surface area (Å²) in [6.45, 7) is 3.24. The van der Waals surface area contributed by atoms with Crippen LogP contribution in [-0.2, 0) is 11.3 Å². The number of carbonyl (C=O) groups is 2. The number of halogens is 1. The minimum Gasteiger partial charge on any atom is -0.352 e. The Morgan fingerprint density at radius 1 is 1.30 bits per heavy atom. The summed E-state index contributed by atoms with van der Waals surface area (Å²) in [7, 11) is 0. The van der Waals surface area contributed by atoms with Crippen LogP contribution in [0.1, 0.15) is 47.8 Å². The number of nitrogens with zero attached hydrogens (tertiary/aromatic N) is 3. The van der Waals surface area contributed by atoms with E-state index in [1.807, 2.05) is 40.6 Å². The zero-order valence-corrected chi connectivity index (χ0v) is 18.3. The van der Waals surface area contributed by atoms with Crippen molar-refractivity contribution in [1.29, 1.82) is 0 Å². The number of thiophene rings is 1. The van der Waals surface area contributed by atoms with Gasteiger partial charge in [-0.2, -0.15) is 5.10 Å². The second kappa shape index (κ2) is 9.06. The monoisotopic (exact) mass is 445 g/mol. The fourth-order valence-electron chi connectivity index (χ4n) is 3.60. The standard InChI is InChI=1S/C21H24ClN5O2S/c1-2-3-11-26-20(29)19-16(10-12-30-19)27-17(24-25-21(26)27)8-9-18(28)23-13-14-4-6-15(22)7-5-14/h4-7,10,12,21,25H,2-3,8-9,11,13H2,1H3,(H,23,28). The number of anilines is 1. The minimum atomic E-state index is -0.321. The van der Waals surface area contributed by atoms with E-state index in [4.69, 9.17) is 11.6 Å². The maximum atomic E-state index is 12.9. The van der Waals surface area contributed by atoms with Gasteiger partial charge in [-0.05, 0) is 35.6 Å². The van der Waals surface area contributed by atoms with Crippen molar-refractivity contribution in [1.82, 2.24) is 15.6 Å². The highest BCUT2D eigenvalue weighted by Gasteiger charge is 2.43. The second-order valence-electron chi connectivity index (χ2n) is 7.29. The van der Waals surface area contributed by atoms with Crippen molar-refractivity contribution in [2.45, 2.75) is 45.4 Å². The summed E-state index contributed by atoms with van der Waals surface area (Å²) in [5, 5.41) is 10.00. The third-order valence-corrected chi connectivity index (χ3v) is 6.36. The van der Waals surface area contributed by atoms with Crippen LogP contribution in [0.3, 0.4) is 0 Å². The molecule has 1 aromatic carbocycles. The van der Waals surface area contributed by atoms with Gasteiger partial charge in [0, 0.05) is 31.0 Å². The smallest absolute Gasteiger partial charge is 0.269 e. The van der Waals surface area contributed by atoms with Crippen molar-refractivity contribution in [2.24, 2.45) is 5.10 Å². The average Bonchev–Trinajstić information content (AvgIpc) is 3.39. The van der Waals surface area contributed by atoms with Crippen LogP contribution in [-0.4, -0.2) is 35.4 Å². The molecular formula is C21H24ClN5O2S. The van der Waals surface area contributed by atoms with E-state index in [1.165, 1.54) is 11.3 Å². The number of amides is 2. The highest BCUT2D eigenvalue weighted by molar-refractivity contribution is 7.12. The van der Waals surface area contributed by atoms with Gasteiger partial charge in [-0.15, -0.1) is 11.3 Å². The summed E-state index contributed by atoms with van der Waals surface area (Å²) in [6.07, 6.45) is 2.43. The van der Waals surface area contributed by atoms with Crippen molar-refractivity contribution in [3.05, 3.63) is 51.2 Å². The minimum absolute atomic E-state index is 0.0411. The number of nitrogens with one attached hydrogen (secondary N) is 2. The summed E-state index contributed by atoms with van der Waals surface area (Å²) in [4.78, 5) is 29.9. The molecule has 0 fully saturated rings. The molecule has 30 heavy (non-hydrogen) atoms. The largest absolute Gasteiger partial charge is 0.352 e. The number of hydrogen-bond donors (Lipinski definition) is 2. The Morgan fingerprint density at radius 3 is 2.87 bits per heavy atom. The lowest BCUT2D eigenvalue weighted by Crippen LogP contribution is -2.58. The fourth-order valence-corrected chi connectivity index (χ4v) is 4.57. The summed E-state index contributed by atoms with van der Waals surface area (Å²) < 4.78 is 0. The molecule has 0 saturated heterocycles. The predicted octanol–water partition coefficient (Wildman–Crippen LogP) is 3.76. The zero-order valence-electron chi connectivity index (χ0n) is 16.7. The molecule has 158 valence electrons. The molecule has 0 bridgehead atoms. The van der Waals surface area contributed by atoms with Crippen LogP contribution in [0.15, 0.2) is 40.8 Å².